The maximum absolute atomic E-state index is 5.10. The first-order chi connectivity index (χ1) is 12.1. The van der Waals surface area contributed by atoms with E-state index >= 15 is 0 Å². The van der Waals surface area contributed by atoms with Crippen molar-refractivity contribution in [3.8, 4) is 0 Å². The van der Waals surface area contributed by atoms with Crippen LogP contribution in [0.1, 0.15) is 12.0 Å². The molecule has 0 saturated carbocycles. The van der Waals surface area contributed by atoms with E-state index in [1.54, 1.807) is 7.11 Å². The van der Waals surface area contributed by atoms with Crippen molar-refractivity contribution in [2.45, 2.75) is 19.4 Å². The second-order valence-corrected chi connectivity index (χ2v) is 6.71. The second-order valence-electron chi connectivity index (χ2n) is 6.71. The minimum atomic E-state index is 0.429. The lowest BCUT2D eigenvalue weighted by Crippen LogP contribution is -2.46. The largest absolute Gasteiger partial charge is 0.383 e. The van der Waals surface area contributed by atoms with Gasteiger partial charge in [0.2, 0.25) is 0 Å². The van der Waals surface area contributed by atoms with Crippen molar-refractivity contribution in [1.82, 2.24) is 15.5 Å². The van der Waals surface area contributed by atoms with E-state index in [2.05, 4.69) is 63.7 Å². The first-order valence-corrected chi connectivity index (χ1v) is 9.08. The Balaban J connectivity index is 1.72. The third-order valence-corrected chi connectivity index (χ3v) is 4.61. The Bertz CT molecular complexity index is 531. The molecule has 1 saturated heterocycles. The predicted octanol–water partition coefficient (Wildman–Crippen LogP) is 1.32. The fourth-order valence-electron chi connectivity index (χ4n) is 2.98. The third kappa shape index (κ3) is 6.55. The molecule has 0 amide bonds. The van der Waals surface area contributed by atoms with Gasteiger partial charge in [0, 0.05) is 58.6 Å². The SMILES string of the molecule is CN=C(NCCN(C)CCOC)NC1CCN(c2ccc(C)cc2)C1. The number of aryl methyl sites for hydroxylation is 1. The number of ether oxygens (including phenoxy) is 1. The predicted molar refractivity (Wildman–Crippen MR) is 106 cm³/mol. The Morgan fingerprint density at radius 3 is 2.76 bits per heavy atom. The number of nitrogens with zero attached hydrogens (tertiary/aromatic N) is 3. The van der Waals surface area contributed by atoms with Gasteiger partial charge in [0.15, 0.2) is 5.96 Å². The van der Waals surface area contributed by atoms with E-state index in [1.807, 2.05) is 7.05 Å². The fourth-order valence-corrected chi connectivity index (χ4v) is 2.98. The van der Waals surface area contributed by atoms with Crippen molar-refractivity contribution >= 4 is 11.6 Å². The van der Waals surface area contributed by atoms with Gasteiger partial charge < -0.3 is 25.2 Å². The molecular weight excluding hydrogens is 314 g/mol. The molecular formula is C19H33N5O. The summed E-state index contributed by atoms with van der Waals surface area (Å²) in [6.45, 7) is 7.76. The number of rotatable bonds is 8. The molecule has 1 aliphatic rings. The molecule has 1 aromatic rings. The number of nitrogens with one attached hydrogen (secondary N) is 2. The molecule has 1 fully saturated rings. The van der Waals surface area contributed by atoms with Crippen molar-refractivity contribution in [3.63, 3.8) is 0 Å². The number of hydrogen-bond acceptors (Lipinski definition) is 4. The van der Waals surface area contributed by atoms with Gasteiger partial charge in [0.05, 0.1) is 6.61 Å². The van der Waals surface area contributed by atoms with Gasteiger partial charge in [0.25, 0.3) is 0 Å². The smallest absolute Gasteiger partial charge is 0.191 e. The molecule has 25 heavy (non-hydrogen) atoms. The van der Waals surface area contributed by atoms with Crippen molar-refractivity contribution < 1.29 is 4.74 Å². The van der Waals surface area contributed by atoms with Gasteiger partial charge >= 0.3 is 0 Å². The van der Waals surface area contributed by atoms with E-state index in [0.29, 0.717) is 6.04 Å². The number of anilines is 1. The summed E-state index contributed by atoms with van der Waals surface area (Å²) in [6, 6.07) is 9.20. The van der Waals surface area contributed by atoms with Crippen molar-refractivity contribution in [3.05, 3.63) is 29.8 Å². The maximum Gasteiger partial charge on any atom is 0.191 e. The number of methoxy groups -OCH3 is 1. The number of benzene rings is 1. The molecule has 1 unspecified atom stereocenters. The van der Waals surface area contributed by atoms with Crippen LogP contribution in [-0.2, 0) is 4.74 Å². The number of likely N-dealkylation sites (N-methyl/N-ethyl adjacent to an activating group) is 1. The minimum absolute atomic E-state index is 0.429. The van der Waals surface area contributed by atoms with Crippen LogP contribution < -0.4 is 15.5 Å². The zero-order valence-electron chi connectivity index (χ0n) is 16.1. The lowest BCUT2D eigenvalue weighted by atomic mass is 10.2. The fraction of sp³-hybridized carbons (Fsp3) is 0.632. The van der Waals surface area contributed by atoms with E-state index in [1.165, 1.54) is 11.3 Å². The quantitative estimate of drug-likeness (QED) is 0.549. The molecule has 1 aromatic carbocycles. The summed E-state index contributed by atoms with van der Waals surface area (Å²) in [6.07, 6.45) is 1.13. The Kier molecular flexibility index (Phi) is 8.01. The monoisotopic (exact) mass is 347 g/mol. The van der Waals surface area contributed by atoms with E-state index in [-0.39, 0.29) is 0 Å². The standard InChI is InChI=1S/C19H33N5O/c1-16-5-7-18(8-6-16)24-11-9-17(15-24)22-19(20-2)21-10-12-23(3)13-14-25-4/h5-8,17H,9-15H2,1-4H3,(H2,20,21,22). The first-order valence-electron chi connectivity index (χ1n) is 9.08. The molecule has 140 valence electrons. The Morgan fingerprint density at radius 1 is 1.32 bits per heavy atom. The highest BCUT2D eigenvalue weighted by Crippen LogP contribution is 2.20. The third-order valence-electron chi connectivity index (χ3n) is 4.61. The molecule has 1 atom stereocenters. The average molecular weight is 348 g/mol. The Morgan fingerprint density at radius 2 is 2.08 bits per heavy atom. The second kappa shape index (κ2) is 10.3. The summed E-state index contributed by atoms with van der Waals surface area (Å²) in [5, 5.41) is 6.95. The van der Waals surface area contributed by atoms with Gasteiger partial charge in [-0.1, -0.05) is 17.7 Å². The van der Waals surface area contributed by atoms with Crippen LogP contribution in [0.5, 0.6) is 0 Å². The lowest BCUT2D eigenvalue weighted by molar-refractivity contribution is 0.162. The molecule has 2 N–H and O–H groups in total. The minimum Gasteiger partial charge on any atom is -0.383 e. The number of aliphatic imine (C=N–C) groups is 1. The lowest BCUT2D eigenvalue weighted by Gasteiger charge is -2.21. The molecule has 6 nitrogen and oxygen atoms in total. The summed E-state index contributed by atoms with van der Waals surface area (Å²) < 4.78 is 5.10. The van der Waals surface area contributed by atoms with Crippen LogP contribution in [0.3, 0.4) is 0 Å². The van der Waals surface area contributed by atoms with Crippen molar-refractivity contribution in [2.24, 2.45) is 4.99 Å². The van der Waals surface area contributed by atoms with Gasteiger partial charge in [-0.3, -0.25) is 4.99 Å². The van der Waals surface area contributed by atoms with Crippen LogP contribution in [0, 0.1) is 6.92 Å². The molecule has 2 rings (SSSR count). The molecule has 0 aliphatic carbocycles. The highest BCUT2D eigenvalue weighted by Gasteiger charge is 2.23. The zero-order valence-corrected chi connectivity index (χ0v) is 16.1. The zero-order chi connectivity index (χ0) is 18.1. The van der Waals surface area contributed by atoms with Crippen molar-refractivity contribution in [1.29, 1.82) is 0 Å². The average Bonchev–Trinajstić information content (AvgIpc) is 3.08. The summed E-state index contributed by atoms with van der Waals surface area (Å²) in [4.78, 5) is 9.03. The molecule has 1 aliphatic heterocycles. The first kappa shape index (κ1) is 19.5. The van der Waals surface area contributed by atoms with Gasteiger partial charge in [-0.2, -0.15) is 0 Å². The van der Waals surface area contributed by atoms with E-state index in [4.69, 9.17) is 4.74 Å². The van der Waals surface area contributed by atoms with Crippen LogP contribution in [0.25, 0.3) is 0 Å². The summed E-state index contributed by atoms with van der Waals surface area (Å²) in [5.41, 5.74) is 2.61. The molecule has 0 radical (unpaired) electrons. The number of guanidine groups is 1. The van der Waals surface area contributed by atoms with E-state index in [0.717, 1.165) is 51.7 Å². The maximum atomic E-state index is 5.10. The van der Waals surface area contributed by atoms with Crippen molar-refractivity contribution in [2.75, 3.05) is 65.4 Å². The van der Waals surface area contributed by atoms with Crippen LogP contribution in [0.4, 0.5) is 5.69 Å². The highest BCUT2D eigenvalue weighted by atomic mass is 16.5. The summed E-state index contributed by atoms with van der Waals surface area (Å²) in [7, 11) is 5.67. The van der Waals surface area contributed by atoms with E-state index < -0.39 is 0 Å². The molecule has 1 heterocycles. The van der Waals surface area contributed by atoms with E-state index in [9.17, 15) is 0 Å². The van der Waals surface area contributed by atoms with Crippen LogP contribution in [-0.4, -0.2) is 77.4 Å². The summed E-state index contributed by atoms with van der Waals surface area (Å²) >= 11 is 0. The van der Waals surface area contributed by atoms with Gasteiger partial charge in [-0.05, 0) is 32.5 Å². The highest BCUT2D eigenvalue weighted by molar-refractivity contribution is 5.80. The van der Waals surface area contributed by atoms with Crippen LogP contribution in [0.2, 0.25) is 0 Å². The van der Waals surface area contributed by atoms with Crippen LogP contribution in [0.15, 0.2) is 29.3 Å². The van der Waals surface area contributed by atoms with Gasteiger partial charge in [-0.15, -0.1) is 0 Å². The van der Waals surface area contributed by atoms with Crippen LogP contribution >= 0.6 is 0 Å². The Hall–Kier alpha value is -1.79. The molecule has 6 heteroatoms. The van der Waals surface area contributed by atoms with Gasteiger partial charge in [-0.25, -0.2) is 0 Å². The number of hydrogen-bond donors (Lipinski definition) is 2. The topological polar surface area (TPSA) is 52.1 Å². The van der Waals surface area contributed by atoms with Gasteiger partial charge in [0.1, 0.15) is 0 Å². The molecule has 0 spiro atoms. The Labute approximate surface area is 152 Å². The molecule has 0 aromatic heterocycles. The summed E-state index contributed by atoms with van der Waals surface area (Å²) in [5.74, 6) is 0.885. The molecule has 0 bridgehead atoms. The normalized spacial score (nSPS) is 18.0.